The van der Waals surface area contributed by atoms with Gasteiger partial charge in [0.25, 0.3) is 5.91 Å². The molecular formula is C19H16F25N2O3+. The van der Waals surface area contributed by atoms with Crippen molar-refractivity contribution in [2.24, 2.45) is 0 Å². The van der Waals surface area contributed by atoms with E-state index in [-0.39, 0.29) is 12.6 Å². The summed E-state index contributed by atoms with van der Waals surface area (Å²) in [6, 6.07) is 0. The van der Waals surface area contributed by atoms with Gasteiger partial charge in [-0.25, -0.2) is 0 Å². The van der Waals surface area contributed by atoms with Crippen LogP contribution in [0.15, 0.2) is 0 Å². The highest BCUT2D eigenvalue weighted by molar-refractivity contribution is 5.84. The zero-order valence-corrected chi connectivity index (χ0v) is 22.7. The van der Waals surface area contributed by atoms with E-state index in [9.17, 15) is 119 Å². The standard InChI is InChI=1S/C19H12F25NO3.H3N/c20-8(21,7(48)45-5-3-1-2-4-6(46)47)9(22,23)10(24,25)11(26,27)12(28,29)13(30,31)14(32,33)15(34,35)16(36,37)17(38,39)18(40,41)19(42,43)44;/h1-5H2,(H,45,48)(H,46,47);1H3/p+1. The predicted molar refractivity (Wildman–Crippen MR) is 106 cm³/mol. The predicted octanol–water partition coefficient (Wildman–Crippen LogP) is 8.67. The summed E-state index contributed by atoms with van der Waals surface area (Å²) in [5.41, 5.74) is 0. The number of hydrogen-bond donors (Lipinski definition) is 3. The second-order valence-electron chi connectivity index (χ2n) is 9.28. The zero-order chi connectivity index (χ0) is 39.4. The molecule has 0 aromatic heterocycles. The fraction of sp³-hybridized carbons (Fsp3) is 0.895. The number of quaternary nitrogens is 1. The quantitative estimate of drug-likeness (QED) is 0.102. The Morgan fingerprint density at radius 3 is 0.939 bits per heavy atom. The summed E-state index contributed by atoms with van der Waals surface area (Å²) in [6.07, 6.45) is -10.4. The third-order valence-corrected chi connectivity index (χ3v) is 5.94. The van der Waals surface area contributed by atoms with Crippen LogP contribution in [0.1, 0.15) is 25.7 Å². The summed E-state index contributed by atoms with van der Waals surface area (Å²) in [7, 11) is 0. The lowest BCUT2D eigenvalue weighted by Gasteiger charge is -2.45. The second-order valence-corrected chi connectivity index (χ2v) is 9.28. The number of carbonyl (C=O) groups excluding carboxylic acids is 1. The molecule has 49 heavy (non-hydrogen) atoms. The van der Waals surface area contributed by atoms with Gasteiger partial charge in [0.1, 0.15) is 0 Å². The normalized spacial score (nSPS) is 15.5. The molecule has 0 unspecified atom stereocenters. The van der Waals surface area contributed by atoms with E-state index in [1.165, 1.54) is 0 Å². The van der Waals surface area contributed by atoms with Crippen molar-refractivity contribution >= 4 is 11.9 Å². The molecule has 0 aromatic carbocycles. The summed E-state index contributed by atoms with van der Waals surface area (Å²) in [6.45, 7) is -1.38. The number of carboxylic acid groups (broad SMARTS) is 1. The summed E-state index contributed by atoms with van der Waals surface area (Å²) >= 11 is 0. The average Bonchev–Trinajstić information content (AvgIpc) is 2.88. The highest BCUT2D eigenvalue weighted by atomic mass is 19.4. The molecule has 5 nitrogen and oxygen atoms in total. The number of alkyl halides is 25. The number of aliphatic carboxylic acids is 1. The zero-order valence-electron chi connectivity index (χ0n) is 22.7. The Bertz CT molecular complexity index is 1180. The Morgan fingerprint density at radius 2 is 0.673 bits per heavy atom. The average molecular weight is 795 g/mol. The molecule has 0 fully saturated rings. The van der Waals surface area contributed by atoms with Gasteiger partial charge in [0.2, 0.25) is 0 Å². The largest absolute Gasteiger partial charge is 0.481 e. The van der Waals surface area contributed by atoms with Crippen LogP contribution in [0.25, 0.3) is 0 Å². The highest BCUT2D eigenvalue weighted by Crippen LogP contribution is 2.67. The Labute approximate surface area is 252 Å². The monoisotopic (exact) mass is 795 g/mol. The van der Waals surface area contributed by atoms with Crippen molar-refractivity contribution in [3.05, 3.63) is 0 Å². The minimum Gasteiger partial charge on any atom is -0.481 e. The Kier molecular flexibility index (Phi) is 13.2. The van der Waals surface area contributed by atoms with E-state index in [1.54, 1.807) is 0 Å². The summed E-state index contributed by atoms with van der Waals surface area (Å²) in [5.74, 6) is -106. The van der Waals surface area contributed by atoms with Crippen molar-refractivity contribution in [1.29, 1.82) is 0 Å². The van der Waals surface area contributed by atoms with Crippen LogP contribution in [0, 0.1) is 0 Å². The molecule has 0 saturated heterocycles. The van der Waals surface area contributed by atoms with Gasteiger partial charge in [-0.1, -0.05) is 6.42 Å². The van der Waals surface area contributed by atoms with Crippen LogP contribution in [-0.4, -0.2) is 94.9 Å². The first-order valence-corrected chi connectivity index (χ1v) is 11.3. The van der Waals surface area contributed by atoms with Gasteiger partial charge >= 0.3 is 77.3 Å². The Hall–Kier alpha value is -2.85. The number of carboxylic acids is 1. The maximum absolute atomic E-state index is 13.9. The van der Waals surface area contributed by atoms with Gasteiger partial charge < -0.3 is 16.6 Å². The molecule has 0 aliphatic carbocycles. The molecular weight excluding hydrogens is 779 g/mol. The van der Waals surface area contributed by atoms with Crippen molar-refractivity contribution in [2.75, 3.05) is 6.54 Å². The molecule has 0 bridgehead atoms. The van der Waals surface area contributed by atoms with Gasteiger partial charge in [-0.15, -0.1) is 0 Å². The Morgan fingerprint density at radius 1 is 0.408 bits per heavy atom. The van der Waals surface area contributed by atoms with E-state index >= 15 is 0 Å². The lowest BCUT2D eigenvalue weighted by atomic mass is 9.84. The second kappa shape index (κ2) is 13.4. The lowest BCUT2D eigenvalue weighted by molar-refractivity contribution is -0.481. The molecule has 0 radical (unpaired) electrons. The molecule has 0 heterocycles. The minimum absolute atomic E-state index is 0. The van der Waals surface area contributed by atoms with E-state index in [1.807, 2.05) is 0 Å². The molecule has 6 N–H and O–H groups in total. The van der Waals surface area contributed by atoms with Crippen LogP contribution in [-0.2, 0) is 9.59 Å². The SMILES string of the molecule is O=C(O)CCCCCNC(=O)C(F)(F)C(F)(F)C(F)(F)C(F)(F)C(F)(F)C(F)(F)C(F)(F)C(F)(F)C(F)(F)C(F)(F)C(F)(F)C(F)(F)F.[NH4+]. The van der Waals surface area contributed by atoms with Crippen LogP contribution in [0.3, 0.4) is 0 Å². The molecule has 294 valence electrons. The summed E-state index contributed by atoms with van der Waals surface area (Å²) in [5, 5.41) is 8.88. The number of halogens is 25. The van der Waals surface area contributed by atoms with Crippen molar-refractivity contribution in [1.82, 2.24) is 11.5 Å². The first-order chi connectivity index (χ1) is 20.6. The van der Waals surface area contributed by atoms with Gasteiger partial charge in [0.15, 0.2) is 0 Å². The van der Waals surface area contributed by atoms with Gasteiger partial charge in [0, 0.05) is 13.0 Å². The van der Waals surface area contributed by atoms with Crippen molar-refractivity contribution in [2.45, 2.75) is 97.0 Å². The first kappa shape index (κ1) is 48.3. The molecule has 0 saturated carbocycles. The van der Waals surface area contributed by atoms with Crippen LogP contribution in [0.4, 0.5) is 110 Å². The fourth-order valence-corrected chi connectivity index (χ4v) is 2.99. The number of hydrogen-bond acceptors (Lipinski definition) is 2. The van der Waals surface area contributed by atoms with E-state index in [4.69, 9.17) is 5.11 Å². The van der Waals surface area contributed by atoms with Gasteiger partial charge in [-0.3, -0.25) is 9.59 Å². The molecule has 0 aromatic rings. The molecule has 0 spiro atoms. The topological polar surface area (TPSA) is 103 Å². The summed E-state index contributed by atoms with van der Waals surface area (Å²) in [4.78, 5) is 21.5. The van der Waals surface area contributed by atoms with Crippen LogP contribution in [0.5, 0.6) is 0 Å². The van der Waals surface area contributed by atoms with E-state index < -0.39 is 109 Å². The minimum atomic E-state index is -9.69. The highest BCUT2D eigenvalue weighted by Gasteiger charge is 2.99. The number of nitrogens with one attached hydrogen (secondary N) is 1. The maximum atomic E-state index is 13.9. The molecule has 30 heteroatoms. The van der Waals surface area contributed by atoms with Crippen LogP contribution in [0.2, 0.25) is 0 Å². The fourth-order valence-electron chi connectivity index (χ4n) is 2.99. The van der Waals surface area contributed by atoms with Crippen LogP contribution < -0.4 is 11.5 Å². The van der Waals surface area contributed by atoms with E-state index in [0.717, 1.165) is 0 Å². The summed E-state index contributed by atoms with van der Waals surface area (Å²) < 4.78 is 335. The van der Waals surface area contributed by atoms with Crippen molar-refractivity contribution < 1.29 is 124 Å². The first-order valence-electron chi connectivity index (χ1n) is 11.3. The smallest absolute Gasteiger partial charge is 0.460 e. The van der Waals surface area contributed by atoms with Gasteiger partial charge in [-0.2, -0.15) is 110 Å². The number of carbonyl (C=O) groups is 2. The van der Waals surface area contributed by atoms with E-state index in [0.29, 0.717) is 5.32 Å². The third kappa shape index (κ3) is 6.80. The molecule has 1 amide bonds. The maximum Gasteiger partial charge on any atom is 0.460 e. The number of amides is 1. The van der Waals surface area contributed by atoms with Gasteiger partial charge in [-0.05, 0) is 12.8 Å². The van der Waals surface area contributed by atoms with Gasteiger partial charge in [0.05, 0.1) is 0 Å². The molecule has 0 aliphatic rings. The van der Waals surface area contributed by atoms with Crippen LogP contribution >= 0.6 is 0 Å². The molecule has 0 aliphatic heterocycles. The Balaban J connectivity index is 0. The number of rotatable bonds is 17. The molecule has 0 rings (SSSR count). The lowest BCUT2D eigenvalue weighted by Crippen LogP contribution is -2.78. The van der Waals surface area contributed by atoms with Crippen molar-refractivity contribution in [3.63, 3.8) is 0 Å². The molecule has 0 atom stereocenters. The third-order valence-electron chi connectivity index (χ3n) is 5.94. The number of unbranched alkanes of at least 4 members (excludes halogenated alkanes) is 2. The van der Waals surface area contributed by atoms with E-state index in [2.05, 4.69) is 0 Å². The van der Waals surface area contributed by atoms with Crippen molar-refractivity contribution in [3.8, 4) is 0 Å².